The lowest BCUT2D eigenvalue weighted by molar-refractivity contribution is 0.0891. The van der Waals surface area contributed by atoms with Crippen LogP contribution in [0.1, 0.15) is 10.4 Å². The predicted octanol–water partition coefficient (Wildman–Crippen LogP) is 1.22. The molecule has 2 rings (SSSR count). The van der Waals surface area contributed by atoms with Gasteiger partial charge in [-0.2, -0.15) is 0 Å². The van der Waals surface area contributed by atoms with E-state index >= 15 is 0 Å². The minimum Gasteiger partial charge on any atom is -0.268 e. The Bertz CT molecular complexity index is 523. The first-order valence-electron chi connectivity index (χ1n) is 3.77. The number of sulfonamides is 1. The summed E-state index contributed by atoms with van der Waals surface area (Å²) in [6, 6.07) is 4.58. The molecule has 0 bridgehead atoms. The Balaban J connectivity index is 2.82. The summed E-state index contributed by atoms with van der Waals surface area (Å²) in [5.74, 6) is -0.479. The summed E-state index contributed by atoms with van der Waals surface area (Å²) in [5, 5.41) is 0. The van der Waals surface area contributed by atoms with E-state index in [1.54, 1.807) is 6.07 Å². The van der Waals surface area contributed by atoms with Gasteiger partial charge in [-0.25, -0.2) is 12.7 Å². The van der Waals surface area contributed by atoms with Crippen molar-refractivity contribution in [1.82, 2.24) is 4.31 Å². The summed E-state index contributed by atoms with van der Waals surface area (Å²) < 4.78 is 24.7. The molecule has 0 radical (unpaired) electrons. The molecule has 0 unspecified atom stereocenters. The first-order valence-corrected chi connectivity index (χ1v) is 6.01. The van der Waals surface area contributed by atoms with Crippen molar-refractivity contribution in [2.45, 2.75) is 4.90 Å². The summed E-state index contributed by atoms with van der Waals surface area (Å²) in [6.07, 6.45) is 0. The molecule has 1 aliphatic heterocycles. The highest BCUT2D eigenvalue weighted by molar-refractivity contribution is 9.10. The molecule has 6 heteroatoms. The van der Waals surface area contributed by atoms with Crippen LogP contribution in [0.25, 0.3) is 0 Å². The topological polar surface area (TPSA) is 54.5 Å². The Hall–Kier alpha value is -0.880. The molecule has 1 aromatic rings. The van der Waals surface area contributed by atoms with Gasteiger partial charge in [0.2, 0.25) is 0 Å². The number of fused-ring (bicyclic) bond motifs is 1. The van der Waals surface area contributed by atoms with E-state index in [0.717, 1.165) is 4.31 Å². The van der Waals surface area contributed by atoms with Crippen molar-refractivity contribution >= 4 is 31.9 Å². The Kier molecular flexibility index (Phi) is 1.94. The second-order valence-electron chi connectivity index (χ2n) is 2.92. The van der Waals surface area contributed by atoms with Crippen LogP contribution < -0.4 is 0 Å². The van der Waals surface area contributed by atoms with Crippen LogP contribution in [0.4, 0.5) is 0 Å². The molecule has 0 saturated carbocycles. The molecule has 0 atom stereocenters. The Morgan fingerprint density at radius 3 is 2.64 bits per heavy atom. The van der Waals surface area contributed by atoms with Crippen LogP contribution >= 0.6 is 15.9 Å². The van der Waals surface area contributed by atoms with Crippen molar-refractivity contribution in [3.8, 4) is 0 Å². The van der Waals surface area contributed by atoms with Crippen molar-refractivity contribution in [2.24, 2.45) is 0 Å². The summed E-state index contributed by atoms with van der Waals surface area (Å²) in [5.41, 5.74) is 0.232. The molecule has 1 aliphatic rings. The van der Waals surface area contributed by atoms with E-state index in [1.807, 2.05) is 0 Å². The standard InChI is InChI=1S/C8H6BrNO3S/c1-10-8(11)6-3-2-5(9)4-7(6)14(10,12)13/h2-4H,1H3. The fourth-order valence-corrected chi connectivity index (χ4v) is 3.15. The highest BCUT2D eigenvalue weighted by Crippen LogP contribution is 2.30. The van der Waals surface area contributed by atoms with E-state index in [-0.39, 0.29) is 10.5 Å². The number of carbonyl (C=O) groups is 1. The Morgan fingerprint density at radius 2 is 2.00 bits per heavy atom. The van der Waals surface area contributed by atoms with E-state index in [2.05, 4.69) is 15.9 Å². The van der Waals surface area contributed by atoms with Crippen LogP contribution in [0.2, 0.25) is 0 Å². The molecule has 0 aromatic heterocycles. The van der Waals surface area contributed by atoms with Gasteiger partial charge in [0.1, 0.15) is 4.90 Å². The van der Waals surface area contributed by atoms with Gasteiger partial charge < -0.3 is 0 Å². The SMILES string of the molecule is CN1C(=O)c2ccc(Br)cc2S1(=O)=O. The zero-order valence-corrected chi connectivity index (χ0v) is 9.59. The number of amides is 1. The average molecular weight is 276 g/mol. The number of nitrogens with zero attached hydrogens (tertiary/aromatic N) is 1. The Labute approximate surface area is 89.7 Å². The van der Waals surface area contributed by atoms with Crippen LogP contribution in [0.5, 0.6) is 0 Å². The third kappa shape index (κ3) is 1.10. The highest BCUT2D eigenvalue weighted by atomic mass is 79.9. The molecule has 4 nitrogen and oxygen atoms in total. The molecule has 0 spiro atoms. The molecule has 1 aromatic carbocycles. The second kappa shape index (κ2) is 2.80. The zero-order valence-electron chi connectivity index (χ0n) is 7.19. The van der Waals surface area contributed by atoms with Gasteiger partial charge in [-0.05, 0) is 18.2 Å². The van der Waals surface area contributed by atoms with E-state index in [0.29, 0.717) is 4.47 Å². The van der Waals surface area contributed by atoms with E-state index in [9.17, 15) is 13.2 Å². The number of hydrogen-bond donors (Lipinski definition) is 0. The van der Waals surface area contributed by atoms with Gasteiger partial charge in [0, 0.05) is 11.5 Å². The average Bonchev–Trinajstić information content (AvgIpc) is 2.29. The second-order valence-corrected chi connectivity index (χ2v) is 5.77. The highest BCUT2D eigenvalue weighted by Gasteiger charge is 2.38. The predicted molar refractivity (Wildman–Crippen MR) is 53.4 cm³/mol. The van der Waals surface area contributed by atoms with Gasteiger partial charge in [0.15, 0.2) is 0 Å². The lowest BCUT2D eigenvalue weighted by Gasteiger charge is -2.05. The third-order valence-corrected chi connectivity index (χ3v) is 4.37. The van der Waals surface area contributed by atoms with Gasteiger partial charge >= 0.3 is 0 Å². The number of benzene rings is 1. The van der Waals surface area contributed by atoms with Crippen molar-refractivity contribution in [2.75, 3.05) is 7.05 Å². The first-order chi connectivity index (χ1) is 6.44. The van der Waals surface area contributed by atoms with Crippen molar-refractivity contribution in [3.63, 3.8) is 0 Å². The number of halogens is 1. The van der Waals surface area contributed by atoms with Gasteiger partial charge in [0.05, 0.1) is 5.56 Å². The third-order valence-electron chi connectivity index (χ3n) is 2.10. The molecule has 14 heavy (non-hydrogen) atoms. The first kappa shape index (κ1) is 9.67. The van der Waals surface area contributed by atoms with E-state index in [1.165, 1.54) is 19.2 Å². The van der Waals surface area contributed by atoms with Crippen LogP contribution in [-0.2, 0) is 10.0 Å². The molecule has 0 fully saturated rings. The zero-order chi connectivity index (χ0) is 10.5. The van der Waals surface area contributed by atoms with Gasteiger partial charge in [-0.3, -0.25) is 4.79 Å². The van der Waals surface area contributed by atoms with Crippen LogP contribution in [0.3, 0.4) is 0 Å². The largest absolute Gasteiger partial charge is 0.268 e. The van der Waals surface area contributed by atoms with Gasteiger partial charge in [0.25, 0.3) is 15.9 Å². The lowest BCUT2D eigenvalue weighted by atomic mass is 10.2. The number of carbonyl (C=O) groups excluding carboxylic acids is 1. The van der Waals surface area contributed by atoms with Crippen LogP contribution in [-0.4, -0.2) is 25.7 Å². The molecule has 0 N–H and O–H groups in total. The molecule has 0 saturated heterocycles. The van der Waals surface area contributed by atoms with Crippen LogP contribution in [0, 0.1) is 0 Å². The molecule has 74 valence electrons. The van der Waals surface area contributed by atoms with Crippen molar-refractivity contribution < 1.29 is 13.2 Å². The Morgan fingerprint density at radius 1 is 1.36 bits per heavy atom. The summed E-state index contributed by atoms with van der Waals surface area (Å²) >= 11 is 3.16. The van der Waals surface area contributed by atoms with Crippen molar-refractivity contribution in [3.05, 3.63) is 28.2 Å². The maximum Gasteiger partial charge on any atom is 0.268 e. The number of rotatable bonds is 0. The summed E-state index contributed by atoms with van der Waals surface area (Å²) in [4.78, 5) is 11.5. The molecule has 1 amide bonds. The molecule has 1 heterocycles. The normalized spacial score (nSPS) is 18.4. The summed E-state index contributed by atoms with van der Waals surface area (Å²) in [6.45, 7) is 0. The quantitative estimate of drug-likeness (QED) is 0.716. The summed E-state index contributed by atoms with van der Waals surface area (Å²) in [7, 11) is -2.35. The fraction of sp³-hybridized carbons (Fsp3) is 0.125. The minimum absolute atomic E-state index is 0.0689. The maximum atomic E-state index is 11.6. The van der Waals surface area contributed by atoms with E-state index < -0.39 is 15.9 Å². The molecular weight excluding hydrogens is 270 g/mol. The van der Waals surface area contributed by atoms with Gasteiger partial charge in [-0.15, -0.1) is 0 Å². The number of hydrogen-bond acceptors (Lipinski definition) is 3. The van der Waals surface area contributed by atoms with Gasteiger partial charge in [-0.1, -0.05) is 15.9 Å². The van der Waals surface area contributed by atoms with Crippen LogP contribution in [0.15, 0.2) is 27.6 Å². The molecular formula is C8H6BrNO3S. The molecule has 0 aliphatic carbocycles. The van der Waals surface area contributed by atoms with E-state index in [4.69, 9.17) is 0 Å². The fourth-order valence-electron chi connectivity index (χ4n) is 1.31. The maximum absolute atomic E-state index is 11.6. The minimum atomic E-state index is -3.60. The smallest absolute Gasteiger partial charge is 0.268 e. The lowest BCUT2D eigenvalue weighted by Crippen LogP contribution is -2.24. The van der Waals surface area contributed by atoms with Crippen molar-refractivity contribution in [1.29, 1.82) is 0 Å². The monoisotopic (exact) mass is 275 g/mol.